The lowest BCUT2D eigenvalue weighted by atomic mass is 9.83. The number of aromatic amines is 1. The molecule has 168 valence electrons. The molecule has 0 spiro atoms. The van der Waals surface area contributed by atoms with E-state index in [2.05, 4.69) is 20.2 Å². The van der Waals surface area contributed by atoms with E-state index in [0.29, 0.717) is 21.6 Å². The van der Waals surface area contributed by atoms with Crippen LogP contribution in [0.2, 0.25) is 10.0 Å². The molecule has 0 amide bonds. The van der Waals surface area contributed by atoms with Crippen molar-refractivity contribution in [2.24, 2.45) is 0 Å². The van der Waals surface area contributed by atoms with Gasteiger partial charge in [-0.3, -0.25) is 14.8 Å². The van der Waals surface area contributed by atoms with Gasteiger partial charge in [0.2, 0.25) is 5.69 Å². The second-order valence-corrected chi connectivity index (χ2v) is 8.21. The smallest absolute Gasteiger partial charge is 0.362 e. The average molecular weight is 489 g/mol. The van der Waals surface area contributed by atoms with Crippen LogP contribution in [0, 0.1) is 0 Å². The fourth-order valence-electron chi connectivity index (χ4n) is 3.19. The maximum Gasteiger partial charge on any atom is 0.362 e. The molecule has 0 fully saturated rings. The number of nitrogens with one attached hydrogen (secondary N) is 1. The first-order valence-electron chi connectivity index (χ1n) is 9.31. The highest BCUT2D eigenvalue weighted by molar-refractivity contribution is 6.36. The van der Waals surface area contributed by atoms with Crippen molar-refractivity contribution in [1.82, 2.24) is 29.9 Å². The first-order chi connectivity index (χ1) is 15.6. The van der Waals surface area contributed by atoms with Crippen molar-refractivity contribution in [3.8, 4) is 17.1 Å². The number of carbonyl (C=O) groups is 1. The number of H-pyrrole nitrogens is 1. The minimum Gasteiger partial charge on any atom is -0.476 e. The minimum absolute atomic E-state index is 0.0545. The lowest BCUT2D eigenvalue weighted by Crippen LogP contribution is -2.35. The van der Waals surface area contributed by atoms with Crippen molar-refractivity contribution in [3.05, 3.63) is 84.6 Å². The quantitative estimate of drug-likeness (QED) is 0.430. The van der Waals surface area contributed by atoms with Gasteiger partial charge in [0.05, 0.1) is 11.1 Å². The van der Waals surface area contributed by atoms with Crippen molar-refractivity contribution < 1.29 is 14.4 Å². The van der Waals surface area contributed by atoms with E-state index in [0.717, 1.165) is 0 Å². The lowest BCUT2D eigenvalue weighted by molar-refractivity contribution is 0.0685. The van der Waals surface area contributed by atoms with Crippen molar-refractivity contribution in [2.45, 2.75) is 19.3 Å². The van der Waals surface area contributed by atoms with E-state index in [9.17, 15) is 14.4 Å². The summed E-state index contributed by atoms with van der Waals surface area (Å²) in [6.45, 7) is 3.57. The molecule has 0 bridgehead atoms. The maximum atomic E-state index is 12.2. The summed E-state index contributed by atoms with van der Waals surface area (Å²) in [5.74, 6) is -1.00. The van der Waals surface area contributed by atoms with Gasteiger partial charge in [0.25, 0.3) is 11.4 Å². The van der Waals surface area contributed by atoms with Crippen LogP contribution in [-0.4, -0.2) is 41.0 Å². The zero-order valence-electron chi connectivity index (χ0n) is 17.0. The largest absolute Gasteiger partial charge is 0.476 e. The molecule has 11 nitrogen and oxygen atoms in total. The van der Waals surface area contributed by atoms with Crippen LogP contribution < -0.4 is 11.2 Å². The van der Waals surface area contributed by atoms with E-state index < -0.39 is 28.3 Å². The number of carboxylic acid groups (broad SMARTS) is 1. The van der Waals surface area contributed by atoms with Crippen LogP contribution in [0.15, 0.2) is 50.8 Å². The van der Waals surface area contributed by atoms with E-state index in [4.69, 9.17) is 32.8 Å². The Kier molecular flexibility index (Phi) is 5.60. The van der Waals surface area contributed by atoms with Gasteiger partial charge >= 0.3 is 11.7 Å². The molecule has 13 heteroatoms. The molecule has 0 unspecified atom stereocenters. The molecule has 2 N–H and O–H groups in total. The van der Waals surface area contributed by atoms with Crippen molar-refractivity contribution >= 4 is 29.2 Å². The van der Waals surface area contributed by atoms with Gasteiger partial charge in [0.15, 0.2) is 5.82 Å². The molecule has 4 aromatic rings. The number of aromatic carboxylic acids is 1. The molecule has 0 aliphatic heterocycles. The molecule has 0 atom stereocenters. The normalized spacial score (nSPS) is 11.5. The van der Waals surface area contributed by atoms with E-state index >= 15 is 0 Å². The molecule has 0 aliphatic carbocycles. The van der Waals surface area contributed by atoms with Gasteiger partial charge in [0.1, 0.15) is 0 Å². The van der Waals surface area contributed by atoms with Gasteiger partial charge in [-0.15, -0.1) is 0 Å². The highest BCUT2D eigenvalue weighted by Gasteiger charge is 2.34. The number of rotatable bonds is 5. The van der Waals surface area contributed by atoms with Crippen LogP contribution in [0.1, 0.15) is 35.7 Å². The number of aromatic nitrogens is 6. The summed E-state index contributed by atoms with van der Waals surface area (Å²) in [5, 5.41) is 17.1. The van der Waals surface area contributed by atoms with Crippen LogP contribution >= 0.6 is 23.2 Å². The van der Waals surface area contributed by atoms with Crippen LogP contribution in [0.25, 0.3) is 17.1 Å². The molecule has 4 rings (SSSR count). The number of benzene rings is 1. The van der Waals surface area contributed by atoms with Crippen LogP contribution in [0.4, 0.5) is 0 Å². The Morgan fingerprint density at radius 3 is 2.39 bits per heavy atom. The third kappa shape index (κ3) is 4.03. The molecule has 0 saturated heterocycles. The van der Waals surface area contributed by atoms with Gasteiger partial charge in [-0.2, -0.15) is 14.8 Å². The fourth-order valence-corrected chi connectivity index (χ4v) is 4.14. The molecule has 1 aromatic carbocycles. The summed E-state index contributed by atoms with van der Waals surface area (Å²) in [4.78, 5) is 45.4. The van der Waals surface area contributed by atoms with Gasteiger partial charge in [-0.1, -0.05) is 28.4 Å². The second-order valence-electron chi connectivity index (χ2n) is 7.39. The van der Waals surface area contributed by atoms with Crippen LogP contribution in [-0.2, 0) is 5.41 Å². The van der Waals surface area contributed by atoms with Gasteiger partial charge < -0.3 is 9.63 Å². The summed E-state index contributed by atoms with van der Waals surface area (Å²) in [7, 11) is 0. The third-order valence-electron chi connectivity index (χ3n) is 4.84. The van der Waals surface area contributed by atoms with E-state index in [1.807, 2.05) is 4.98 Å². The number of pyridine rings is 1. The highest BCUT2D eigenvalue weighted by Crippen LogP contribution is 2.40. The summed E-state index contributed by atoms with van der Waals surface area (Å²) in [6.07, 6.45) is 3.19. The Morgan fingerprint density at radius 2 is 1.79 bits per heavy atom. The Balaban J connectivity index is 1.79. The number of nitrogens with zero attached hydrogens (tertiary/aromatic N) is 5. The van der Waals surface area contributed by atoms with Crippen LogP contribution in [0.5, 0.6) is 0 Å². The zero-order valence-corrected chi connectivity index (χ0v) is 18.5. The molecular formula is C20H14Cl2N6O5. The van der Waals surface area contributed by atoms with E-state index in [1.54, 1.807) is 38.4 Å². The van der Waals surface area contributed by atoms with Gasteiger partial charge in [-0.25, -0.2) is 9.59 Å². The fraction of sp³-hybridized carbons (Fsp3) is 0.150. The average Bonchev–Trinajstić information content (AvgIpc) is 3.25. The Labute approximate surface area is 194 Å². The first-order valence-corrected chi connectivity index (χ1v) is 10.1. The van der Waals surface area contributed by atoms with E-state index in [-0.39, 0.29) is 21.6 Å². The van der Waals surface area contributed by atoms with Crippen molar-refractivity contribution in [1.29, 1.82) is 0 Å². The second kappa shape index (κ2) is 8.26. The zero-order chi connectivity index (χ0) is 23.9. The monoisotopic (exact) mass is 488 g/mol. The molecular weight excluding hydrogens is 475 g/mol. The van der Waals surface area contributed by atoms with Crippen molar-refractivity contribution in [2.75, 3.05) is 0 Å². The number of hydrogen-bond acceptors (Lipinski definition) is 8. The Morgan fingerprint density at radius 1 is 1.15 bits per heavy atom. The molecule has 3 aromatic heterocycles. The maximum absolute atomic E-state index is 12.2. The van der Waals surface area contributed by atoms with Crippen LogP contribution in [0.3, 0.4) is 0 Å². The summed E-state index contributed by atoms with van der Waals surface area (Å²) >= 11 is 13.0. The third-order valence-corrected chi connectivity index (χ3v) is 5.44. The molecule has 0 aliphatic rings. The SMILES string of the molecule is CC(C)(c1noc(-c2ccncc2)n1)c1c(Cl)cc(-n2nc(C(=O)O)c(=O)[nH]c2=O)cc1Cl. The summed E-state index contributed by atoms with van der Waals surface area (Å²) in [5.41, 5.74) is -2.68. The van der Waals surface area contributed by atoms with E-state index in [1.165, 1.54) is 12.1 Å². The Bertz CT molecular complexity index is 1470. The van der Waals surface area contributed by atoms with Crippen molar-refractivity contribution in [3.63, 3.8) is 0 Å². The number of hydrogen-bond donors (Lipinski definition) is 2. The summed E-state index contributed by atoms with van der Waals surface area (Å²) in [6, 6.07) is 6.18. The predicted molar refractivity (Wildman–Crippen MR) is 117 cm³/mol. The number of halogens is 2. The number of carboxylic acids is 1. The highest BCUT2D eigenvalue weighted by atomic mass is 35.5. The standard InChI is InChI=1S/C20H14Cl2N6O5/c1-20(2,18-25-16(33-27-18)9-3-5-23-6-4-9)13-11(21)7-10(8-12(13)22)28-19(32)24-15(29)14(26-28)17(30)31/h3-8H,1-2H3,(H,30,31)(H,24,29,32). The van der Waals surface area contributed by atoms with Gasteiger partial charge in [-0.05, 0) is 38.1 Å². The summed E-state index contributed by atoms with van der Waals surface area (Å²) < 4.78 is 6.06. The lowest BCUT2D eigenvalue weighted by Gasteiger charge is -2.24. The molecule has 0 radical (unpaired) electrons. The molecule has 3 heterocycles. The Hall–Kier alpha value is -3.83. The minimum atomic E-state index is -1.60. The first kappa shape index (κ1) is 22.4. The molecule has 33 heavy (non-hydrogen) atoms. The van der Waals surface area contributed by atoms with Gasteiger partial charge in [0, 0.05) is 33.6 Å². The topological polar surface area (TPSA) is 157 Å². The molecule has 0 saturated carbocycles. The predicted octanol–water partition coefficient (Wildman–Crippen LogP) is 2.70.